The molecule has 6 heteroatoms. The molecule has 1 fully saturated rings. The van der Waals surface area contributed by atoms with Gasteiger partial charge in [0.2, 0.25) is 0 Å². The Morgan fingerprint density at radius 3 is 2.44 bits per heavy atom. The lowest BCUT2D eigenvalue weighted by Crippen LogP contribution is -2.48. The van der Waals surface area contributed by atoms with Crippen molar-refractivity contribution in [2.75, 3.05) is 11.5 Å². The van der Waals surface area contributed by atoms with E-state index in [1.54, 1.807) is 0 Å². The van der Waals surface area contributed by atoms with Crippen LogP contribution in [0.2, 0.25) is 5.02 Å². The summed E-state index contributed by atoms with van der Waals surface area (Å²) in [4.78, 5) is 0. The minimum atomic E-state index is -2.86. The molecule has 0 spiro atoms. The lowest BCUT2D eigenvalue weighted by Gasteiger charge is -2.33. The Bertz CT molecular complexity index is 503. The van der Waals surface area contributed by atoms with Gasteiger partial charge in [0.1, 0.15) is 9.84 Å². The summed E-state index contributed by atoms with van der Waals surface area (Å²) in [7, 11) is -2.86. The van der Waals surface area contributed by atoms with Crippen molar-refractivity contribution in [3.63, 3.8) is 0 Å². The molecule has 0 radical (unpaired) electrons. The van der Waals surface area contributed by atoms with Crippen LogP contribution < -0.4 is 5.73 Å². The molecule has 1 heterocycles. The molecular formula is C12H17Cl2NO2S. The third kappa shape index (κ3) is 4.12. The Kier molecular flexibility index (Phi) is 5.06. The molecule has 102 valence electrons. The van der Waals surface area contributed by atoms with Crippen LogP contribution in [0.15, 0.2) is 24.3 Å². The van der Waals surface area contributed by atoms with Gasteiger partial charge in [-0.05, 0) is 37.0 Å². The smallest absolute Gasteiger partial charge is 0.150 e. The first kappa shape index (κ1) is 15.8. The maximum Gasteiger partial charge on any atom is 0.150 e. The van der Waals surface area contributed by atoms with Crippen molar-refractivity contribution >= 4 is 33.8 Å². The van der Waals surface area contributed by atoms with E-state index >= 15 is 0 Å². The number of sulfone groups is 1. The number of nitrogens with two attached hydrogens (primary N) is 1. The second kappa shape index (κ2) is 5.78. The van der Waals surface area contributed by atoms with Gasteiger partial charge in [-0.15, -0.1) is 12.4 Å². The van der Waals surface area contributed by atoms with Gasteiger partial charge in [0.05, 0.1) is 11.5 Å². The molecule has 1 saturated heterocycles. The van der Waals surface area contributed by atoms with E-state index in [1.165, 1.54) is 0 Å². The number of hydrogen-bond donors (Lipinski definition) is 1. The number of benzene rings is 1. The van der Waals surface area contributed by atoms with Crippen molar-refractivity contribution in [2.24, 2.45) is 5.73 Å². The van der Waals surface area contributed by atoms with Gasteiger partial charge >= 0.3 is 0 Å². The van der Waals surface area contributed by atoms with E-state index in [2.05, 4.69) is 0 Å². The molecule has 1 aromatic rings. The predicted octanol–water partition coefficient (Wildman–Crippen LogP) is 2.21. The standard InChI is InChI=1S/C12H16ClNO2S.ClH/c13-11-3-1-2-10(8-11)9-12(14)4-6-17(15,16)7-5-12;/h1-3,8H,4-7,9,14H2;1H. The average Bonchev–Trinajstić information content (AvgIpc) is 2.24. The molecule has 2 rings (SSSR count). The highest BCUT2D eigenvalue weighted by molar-refractivity contribution is 7.91. The van der Waals surface area contributed by atoms with Gasteiger partial charge in [-0.3, -0.25) is 0 Å². The maximum absolute atomic E-state index is 11.4. The highest BCUT2D eigenvalue weighted by atomic mass is 35.5. The summed E-state index contributed by atoms with van der Waals surface area (Å²) in [6.07, 6.45) is 1.74. The largest absolute Gasteiger partial charge is 0.325 e. The number of rotatable bonds is 2. The van der Waals surface area contributed by atoms with Crippen LogP contribution in [-0.2, 0) is 16.3 Å². The summed E-state index contributed by atoms with van der Waals surface area (Å²) in [5, 5.41) is 0.689. The van der Waals surface area contributed by atoms with E-state index in [0.717, 1.165) is 5.56 Å². The monoisotopic (exact) mass is 309 g/mol. The molecule has 0 unspecified atom stereocenters. The topological polar surface area (TPSA) is 60.2 Å². The molecule has 1 aromatic carbocycles. The highest BCUT2D eigenvalue weighted by Gasteiger charge is 2.33. The van der Waals surface area contributed by atoms with Gasteiger partial charge in [-0.1, -0.05) is 23.7 Å². The summed E-state index contributed by atoms with van der Waals surface area (Å²) in [5.41, 5.74) is 6.92. The van der Waals surface area contributed by atoms with Gasteiger partial charge in [0.15, 0.2) is 0 Å². The normalized spacial score (nSPS) is 21.0. The van der Waals surface area contributed by atoms with Crippen LogP contribution in [0.5, 0.6) is 0 Å². The molecular weight excluding hydrogens is 293 g/mol. The Labute approximate surface area is 119 Å². The van der Waals surface area contributed by atoms with Crippen molar-refractivity contribution < 1.29 is 8.42 Å². The fraction of sp³-hybridized carbons (Fsp3) is 0.500. The van der Waals surface area contributed by atoms with Crippen LogP contribution in [0.1, 0.15) is 18.4 Å². The quantitative estimate of drug-likeness (QED) is 0.911. The van der Waals surface area contributed by atoms with E-state index in [9.17, 15) is 8.42 Å². The van der Waals surface area contributed by atoms with E-state index in [4.69, 9.17) is 17.3 Å². The Morgan fingerprint density at radius 1 is 1.28 bits per heavy atom. The summed E-state index contributed by atoms with van der Waals surface area (Å²) < 4.78 is 22.7. The third-order valence-electron chi connectivity index (χ3n) is 3.27. The van der Waals surface area contributed by atoms with Crippen LogP contribution in [0.4, 0.5) is 0 Å². The molecule has 0 aromatic heterocycles. The maximum atomic E-state index is 11.4. The van der Waals surface area contributed by atoms with Crippen molar-refractivity contribution in [1.29, 1.82) is 0 Å². The van der Waals surface area contributed by atoms with Crippen LogP contribution >= 0.6 is 24.0 Å². The Hall–Kier alpha value is -0.290. The van der Waals surface area contributed by atoms with Gasteiger partial charge in [0, 0.05) is 10.6 Å². The lowest BCUT2D eigenvalue weighted by atomic mass is 9.86. The van der Waals surface area contributed by atoms with Gasteiger partial charge < -0.3 is 5.73 Å². The molecule has 0 amide bonds. The first-order valence-electron chi connectivity index (χ1n) is 5.62. The molecule has 0 bridgehead atoms. The summed E-state index contributed by atoms with van der Waals surface area (Å²) in [6, 6.07) is 7.57. The van der Waals surface area contributed by atoms with E-state index in [-0.39, 0.29) is 23.9 Å². The van der Waals surface area contributed by atoms with E-state index in [0.29, 0.717) is 24.3 Å². The lowest BCUT2D eigenvalue weighted by molar-refractivity contribution is 0.379. The predicted molar refractivity (Wildman–Crippen MR) is 77.2 cm³/mol. The van der Waals surface area contributed by atoms with Crippen molar-refractivity contribution in [2.45, 2.75) is 24.8 Å². The highest BCUT2D eigenvalue weighted by Crippen LogP contribution is 2.26. The van der Waals surface area contributed by atoms with Crippen LogP contribution in [0, 0.1) is 0 Å². The third-order valence-corrected chi connectivity index (χ3v) is 5.15. The molecule has 0 atom stereocenters. The minimum Gasteiger partial charge on any atom is -0.325 e. The average molecular weight is 310 g/mol. The zero-order valence-electron chi connectivity index (χ0n) is 9.93. The molecule has 1 aliphatic heterocycles. The van der Waals surface area contributed by atoms with Crippen LogP contribution in [0.25, 0.3) is 0 Å². The SMILES string of the molecule is Cl.NC1(Cc2cccc(Cl)c2)CCS(=O)(=O)CC1. The summed E-state index contributed by atoms with van der Waals surface area (Å²) >= 11 is 5.92. The first-order chi connectivity index (χ1) is 7.89. The Morgan fingerprint density at radius 2 is 1.89 bits per heavy atom. The number of hydrogen-bond acceptors (Lipinski definition) is 3. The van der Waals surface area contributed by atoms with Gasteiger partial charge in [0.25, 0.3) is 0 Å². The van der Waals surface area contributed by atoms with Crippen molar-refractivity contribution in [1.82, 2.24) is 0 Å². The molecule has 3 nitrogen and oxygen atoms in total. The van der Waals surface area contributed by atoms with E-state index in [1.807, 2.05) is 24.3 Å². The van der Waals surface area contributed by atoms with Crippen LogP contribution in [0.3, 0.4) is 0 Å². The number of halogens is 2. The minimum absolute atomic E-state index is 0. The zero-order chi connectivity index (χ0) is 12.5. The van der Waals surface area contributed by atoms with Gasteiger partial charge in [-0.25, -0.2) is 8.42 Å². The Balaban J connectivity index is 0.00000162. The van der Waals surface area contributed by atoms with E-state index < -0.39 is 15.4 Å². The van der Waals surface area contributed by atoms with Crippen LogP contribution in [-0.4, -0.2) is 25.5 Å². The molecule has 1 aliphatic rings. The fourth-order valence-electron chi connectivity index (χ4n) is 2.17. The summed E-state index contributed by atoms with van der Waals surface area (Å²) in [5.74, 6) is 0.397. The second-order valence-electron chi connectivity index (χ2n) is 4.82. The first-order valence-corrected chi connectivity index (χ1v) is 7.82. The zero-order valence-corrected chi connectivity index (χ0v) is 12.3. The summed E-state index contributed by atoms with van der Waals surface area (Å²) in [6.45, 7) is 0. The molecule has 2 N–H and O–H groups in total. The van der Waals surface area contributed by atoms with Crippen molar-refractivity contribution in [3.05, 3.63) is 34.9 Å². The van der Waals surface area contributed by atoms with Gasteiger partial charge in [-0.2, -0.15) is 0 Å². The molecule has 0 aliphatic carbocycles. The molecule has 18 heavy (non-hydrogen) atoms. The molecule has 0 saturated carbocycles. The second-order valence-corrected chi connectivity index (χ2v) is 7.56. The van der Waals surface area contributed by atoms with Crippen molar-refractivity contribution in [3.8, 4) is 0 Å². The fourth-order valence-corrected chi connectivity index (χ4v) is 4.03.